The minimum atomic E-state index is 0.0680. The van der Waals surface area contributed by atoms with Crippen LogP contribution in [0.5, 0.6) is 0 Å². The van der Waals surface area contributed by atoms with Crippen molar-refractivity contribution in [1.82, 2.24) is 10.3 Å². The summed E-state index contributed by atoms with van der Waals surface area (Å²) in [5, 5.41) is 12.9. The number of anilines is 1. The van der Waals surface area contributed by atoms with Crippen LogP contribution in [-0.4, -0.2) is 41.7 Å². The SMILES string of the molecule is O=C(NC(CCO)C1CC1)C1CCN(c2ccc(Cl)cn2)CC1. The van der Waals surface area contributed by atoms with Crippen LogP contribution in [0.4, 0.5) is 5.82 Å². The van der Waals surface area contributed by atoms with Crippen molar-refractivity contribution in [2.24, 2.45) is 11.8 Å². The molecule has 1 aromatic rings. The van der Waals surface area contributed by atoms with Gasteiger partial charge in [-0.3, -0.25) is 4.79 Å². The lowest BCUT2D eigenvalue weighted by Crippen LogP contribution is -2.45. The minimum Gasteiger partial charge on any atom is -0.396 e. The quantitative estimate of drug-likeness (QED) is 0.835. The number of pyridine rings is 1. The van der Waals surface area contributed by atoms with Crippen LogP contribution >= 0.6 is 11.6 Å². The average Bonchev–Trinajstić information content (AvgIpc) is 3.40. The summed E-state index contributed by atoms with van der Waals surface area (Å²) in [5.41, 5.74) is 0. The van der Waals surface area contributed by atoms with Gasteiger partial charge in [-0.15, -0.1) is 0 Å². The van der Waals surface area contributed by atoms with Gasteiger partial charge in [0, 0.05) is 37.9 Å². The van der Waals surface area contributed by atoms with Crippen LogP contribution in [0, 0.1) is 11.8 Å². The summed E-state index contributed by atoms with van der Waals surface area (Å²) in [5.74, 6) is 1.71. The summed E-state index contributed by atoms with van der Waals surface area (Å²) in [6.07, 6.45) is 6.35. The zero-order valence-electron chi connectivity index (χ0n) is 13.2. The lowest BCUT2D eigenvalue weighted by molar-refractivity contribution is -0.126. The van der Waals surface area contributed by atoms with E-state index in [1.165, 1.54) is 12.8 Å². The molecule has 1 atom stereocenters. The van der Waals surface area contributed by atoms with E-state index in [2.05, 4.69) is 15.2 Å². The second-order valence-corrected chi connectivity index (χ2v) is 7.00. The number of aliphatic hydroxyl groups is 1. The maximum absolute atomic E-state index is 12.5. The molecule has 1 aromatic heterocycles. The Balaban J connectivity index is 1.49. The summed E-state index contributed by atoms with van der Waals surface area (Å²) < 4.78 is 0. The molecule has 126 valence electrons. The van der Waals surface area contributed by atoms with Crippen LogP contribution < -0.4 is 10.2 Å². The maximum atomic E-state index is 12.5. The number of carbonyl (C=O) groups is 1. The number of piperidine rings is 1. The Morgan fingerprint density at radius 3 is 2.65 bits per heavy atom. The monoisotopic (exact) mass is 337 g/mol. The van der Waals surface area contributed by atoms with Crippen LogP contribution in [0.2, 0.25) is 5.02 Å². The van der Waals surface area contributed by atoms with E-state index in [1.54, 1.807) is 6.20 Å². The molecule has 1 aliphatic carbocycles. The maximum Gasteiger partial charge on any atom is 0.223 e. The highest BCUT2D eigenvalue weighted by Crippen LogP contribution is 2.34. The van der Waals surface area contributed by atoms with E-state index in [0.29, 0.717) is 17.4 Å². The van der Waals surface area contributed by atoms with Gasteiger partial charge in [-0.25, -0.2) is 4.98 Å². The normalized spacial score (nSPS) is 20.3. The first kappa shape index (κ1) is 16.5. The number of hydrogen-bond donors (Lipinski definition) is 2. The fraction of sp³-hybridized carbons (Fsp3) is 0.647. The third-order valence-electron chi connectivity index (χ3n) is 4.86. The molecule has 6 heteroatoms. The molecule has 1 saturated carbocycles. The van der Waals surface area contributed by atoms with Gasteiger partial charge in [0.25, 0.3) is 0 Å². The largest absolute Gasteiger partial charge is 0.396 e. The Morgan fingerprint density at radius 1 is 1.35 bits per heavy atom. The average molecular weight is 338 g/mol. The summed E-state index contributed by atoms with van der Waals surface area (Å²) in [4.78, 5) is 19.0. The predicted molar refractivity (Wildman–Crippen MR) is 90.5 cm³/mol. The van der Waals surface area contributed by atoms with Crippen molar-refractivity contribution < 1.29 is 9.90 Å². The topological polar surface area (TPSA) is 65.5 Å². The van der Waals surface area contributed by atoms with E-state index in [-0.39, 0.29) is 24.5 Å². The Morgan fingerprint density at radius 2 is 2.09 bits per heavy atom. The molecule has 0 radical (unpaired) electrons. The number of nitrogens with zero attached hydrogens (tertiary/aromatic N) is 2. The molecule has 2 aliphatic rings. The Bertz CT molecular complexity index is 525. The van der Waals surface area contributed by atoms with E-state index in [1.807, 2.05) is 12.1 Å². The molecule has 2 fully saturated rings. The third kappa shape index (κ3) is 4.36. The van der Waals surface area contributed by atoms with Crippen LogP contribution in [0.3, 0.4) is 0 Å². The standard InChI is InChI=1S/C17H24ClN3O2/c18-14-3-4-16(19-11-14)21-8-5-13(6-9-21)17(23)20-15(7-10-22)12-1-2-12/h3-4,11-13,15,22H,1-2,5-10H2,(H,20,23). The molecule has 2 heterocycles. The first-order chi connectivity index (χ1) is 11.2. The van der Waals surface area contributed by atoms with Gasteiger partial charge >= 0.3 is 0 Å². The van der Waals surface area contributed by atoms with Gasteiger partial charge in [0.05, 0.1) is 5.02 Å². The molecular weight excluding hydrogens is 314 g/mol. The zero-order chi connectivity index (χ0) is 16.2. The van der Waals surface area contributed by atoms with E-state index in [9.17, 15) is 4.79 Å². The molecule has 5 nitrogen and oxygen atoms in total. The van der Waals surface area contributed by atoms with E-state index in [4.69, 9.17) is 16.7 Å². The van der Waals surface area contributed by atoms with E-state index in [0.717, 1.165) is 31.7 Å². The number of carbonyl (C=O) groups excluding carboxylic acids is 1. The summed E-state index contributed by atoms with van der Waals surface area (Å²) in [6, 6.07) is 3.92. The Kier molecular flexibility index (Phi) is 5.38. The van der Waals surface area contributed by atoms with Crippen LogP contribution in [0.25, 0.3) is 0 Å². The van der Waals surface area contributed by atoms with Gasteiger partial charge in [0.1, 0.15) is 5.82 Å². The third-order valence-corrected chi connectivity index (χ3v) is 5.08. The van der Waals surface area contributed by atoms with Gasteiger partial charge in [-0.1, -0.05) is 11.6 Å². The van der Waals surface area contributed by atoms with Crippen molar-refractivity contribution in [3.05, 3.63) is 23.4 Å². The number of halogens is 1. The van der Waals surface area contributed by atoms with E-state index < -0.39 is 0 Å². The molecule has 0 bridgehead atoms. The minimum absolute atomic E-state index is 0.0680. The molecule has 0 spiro atoms. The first-order valence-electron chi connectivity index (χ1n) is 8.45. The van der Waals surface area contributed by atoms with Crippen LogP contribution in [0.15, 0.2) is 18.3 Å². The molecule has 1 unspecified atom stereocenters. The molecule has 1 amide bonds. The van der Waals surface area contributed by atoms with Gasteiger partial charge in [-0.05, 0) is 50.2 Å². The molecular formula is C17H24ClN3O2. The second-order valence-electron chi connectivity index (χ2n) is 6.56. The number of nitrogens with one attached hydrogen (secondary N) is 1. The number of hydrogen-bond acceptors (Lipinski definition) is 4. The molecule has 1 saturated heterocycles. The molecule has 3 rings (SSSR count). The number of aromatic nitrogens is 1. The van der Waals surface area contributed by atoms with Crippen molar-refractivity contribution in [3.63, 3.8) is 0 Å². The van der Waals surface area contributed by atoms with E-state index >= 15 is 0 Å². The fourth-order valence-corrected chi connectivity index (χ4v) is 3.40. The molecule has 23 heavy (non-hydrogen) atoms. The molecule has 0 aromatic carbocycles. The Hall–Kier alpha value is -1.33. The smallest absolute Gasteiger partial charge is 0.223 e. The zero-order valence-corrected chi connectivity index (χ0v) is 14.0. The highest BCUT2D eigenvalue weighted by atomic mass is 35.5. The van der Waals surface area contributed by atoms with Gasteiger partial charge < -0.3 is 15.3 Å². The number of rotatable bonds is 6. The van der Waals surface area contributed by atoms with Crippen molar-refractivity contribution in [2.75, 3.05) is 24.6 Å². The van der Waals surface area contributed by atoms with Gasteiger partial charge in [0.15, 0.2) is 0 Å². The van der Waals surface area contributed by atoms with Crippen LogP contribution in [-0.2, 0) is 4.79 Å². The van der Waals surface area contributed by atoms with Crippen molar-refractivity contribution >= 4 is 23.3 Å². The lowest BCUT2D eigenvalue weighted by Gasteiger charge is -2.33. The van der Waals surface area contributed by atoms with Crippen molar-refractivity contribution in [2.45, 2.75) is 38.1 Å². The van der Waals surface area contributed by atoms with Crippen molar-refractivity contribution in [3.8, 4) is 0 Å². The molecule has 2 N–H and O–H groups in total. The highest BCUT2D eigenvalue weighted by Gasteiger charge is 2.34. The number of aliphatic hydroxyl groups excluding tert-OH is 1. The van der Waals surface area contributed by atoms with Crippen molar-refractivity contribution in [1.29, 1.82) is 0 Å². The summed E-state index contributed by atoms with van der Waals surface area (Å²) >= 11 is 5.87. The fourth-order valence-electron chi connectivity index (χ4n) is 3.29. The first-order valence-corrected chi connectivity index (χ1v) is 8.83. The van der Waals surface area contributed by atoms with Gasteiger partial charge in [-0.2, -0.15) is 0 Å². The Labute approximate surface area is 142 Å². The van der Waals surface area contributed by atoms with Crippen LogP contribution in [0.1, 0.15) is 32.1 Å². The number of amides is 1. The van der Waals surface area contributed by atoms with Gasteiger partial charge in [0.2, 0.25) is 5.91 Å². The summed E-state index contributed by atoms with van der Waals surface area (Å²) in [6.45, 7) is 1.81. The summed E-state index contributed by atoms with van der Waals surface area (Å²) in [7, 11) is 0. The molecule has 1 aliphatic heterocycles. The predicted octanol–water partition coefficient (Wildman–Crippen LogP) is 2.23. The highest BCUT2D eigenvalue weighted by molar-refractivity contribution is 6.30. The second kappa shape index (κ2) is 7.49. The lowest BCUT2D eigenvalue weighted by atomic mass is 9.95.